The summed E-state index contributed by atoms with van der Waals surface area (Å²) in [6, 6.07) is 6.52. The van der Waals surface area contributed by atoms with E-state index in [9.17, 15) is 31.1 Å². The van der Waals surface area contributed by atoms with Crippen LogP contribution in [0.5, 0.6) is 0 Å². The van der Waals surface area contributed by atoms with Gasteiger partial charge in [-0.25, -0.2) is 0 Å². The lowest BCUT2D eigenvalue weighted by molar-refractivity contribution is -0.276. The van der Waals surface area contributed by atoms with E-state index >= 15 is 0 Å². The van der Waals surface area contributed by atoms with E-state index in [1.165, 1.54) is 30.6 Å². The van der Waals surface area contributed by atoms with E-state index in [0.717, 1.165) is 6.07 Å². The molecule has 1 amide bonds. The number of pyridine rings is 1. The highest BCUT2D eigenvalue weighted by atomic mass is 79.9. The molecule has 2 heterocycles. The van der Waals surface area contributed by atoms with Crippen molar-refractivity contribution < 1.29 is 36.0 Å². The third-order valence-electron chi connectivity index (χ3n) is 6.03. The van der Waals surface area contributed by atoms with Gasteiger partial charge in [0.25, 0.3) is 11.5 Å². The van der Waals surface area contributed by atoms with Crippen LogP contribution in [0, 0.1) is 0 Å². The minimum atomic E-state index is -5.10. The predicted molar refractivity (Wildman–Crippen MR) is 137 cm³/mol. The highest BCUT2D eigenvalue weighted by molar-refractivity contribution is 9.10. The lowest BCUT2D eigenvalue weighted by atomic mass is 9.84. The Hall–Kier alpha value is -2.93. The molecule has 3 aromatic rings. The Balaban J connectivity index is 1.76. The van der Waals surface area contributed by atoms with E-state index in [1.807, 2.05) is 0 Å². The van der Waals surface area contributed by atoms with Gasteiger partial charge in [-0.2, -0.15) is 26.3 Å². The number of hydrogen-bond acceptors (Lipinski definition) is 4. The Morgan fingerprint density at radius 1 is 1.08 bits per heavy atom. The minimum Gasteiger partial charge on any atom is -0.374 e. The number of benzene rings is 2. The number of aromatic nitrogens is 1. The SMILES string of the molecule is C[Si](C)(C)CNC(=O)c1ccc(C2=NOC(c3cc(Br)cc(C(F)(F)F)c3)(C(F)(F)F)C2)c2ccncc12. The number of hydrogen-bond donors (Lipinski definition) is 1. The van der Waals surface area contributed by atoms with Crippen molar-refractivity contribution in [1.82, 2.24) is 10.3 Å². The van der Waals surface area contributed by atoms with Gasteiger partial charge in [-0.1, -0.05) is 46.8 Å². The van der Waals surface area contributed by atoms with Crippen molar-refractivity contribution in [1.29, 1.82) is 0 Å². The maximum Gasteiger partial charge on any atom is 0.435 e. The summed E-state index contributed by atoms with van der Waals surface area (Å²) in [6.07, 6.45) is -7.47. The van der Waals surface area contributed by atoms with Crippen molar-refractivity contribution >= 4 is 46.4 Å². The zero-order valence-electron chi connectivity index (χ0n) is 20.4. The fraction of sp³-hybridized carbons (Fsp3) is 0.320. The summed E-state index contributed by atoms with van der Waals surface area (Å²) >= 11 is 2.88. The molecule has 0 bridgehead atoms. The van der Waals surface area contributed by atoms with Crippen LogP contribution in [0.1, 0.15) is 33.5 Å². The molecule has 0 radical (unpaired) electrons. The van der Waals surface area contributed by atoms with Gasteiger partial charge in [0, 0.05) is 51.5 Å². The van der Waals surface area contributed by atoms with Gasteiger partial charge in [0.15, 0.2) is 0 Å². The first-order chi connectivity index (χ1) is 17.5. The molecular formula is C25H22BrF6N3O2Si. The second kappa shape index (κ2) is 9.67. The van der Waals surface area contributed by atoms with E-state index in [-0.39, 0.29) is 21.7 Å². The van der Waals surface area contributed by atoms with Gasteiger partial charge in [0.2, 0.25) is 0 Å². The number of fused-ring (bicyclic) bond motifs is 1. The second-order valence-electron chi connectivity index (χ2n) is 10.2. The summed E-state index contributed by atoms with van der Waals surface area (Å²) < 4.78 is 83.4. The molecule has 1 aliphatic heterocycles. The van der Waals surface area contributed by atoms with Crippen LogP contribution < -0.4 is 5.32 Å². The molecule has 1 aromatic heterocycles. The van der Waals surface area contributed by atoms with Gasteiger partial charge in [-0.05, 0) is 35.7 Å². The number of rotatable bonds is 5. The fourth-order valence-corrected chi connectivity index (χ4v) is 5.30. The van der Waals surface area contributed by atoms with Gasteiger partial charge < -0.3 is 10.2 Å². The minimum absolute atomic E-state index is 0.124. The molecule has 1 aliphatic rings. The lowest BCUT2D eigenvalue weighted by Crippen LogP contribution is -2.43. The first kappa shape index (κ1) is 28.1. The van der Waals surface area contributed by atoms with Crippen LogP contribution in [0.3, 0.4) is 0 Å². The Kier molecular flexibility index (Phi) is 7.15. The van der Waals surface area contributed by atoms with E-state index in [4.69, 9.17) is 4.84 Å². The lowest BCUT2D eigenvalue weighted by Gasteiger charge is -2.30. The zero-order valence-corrected chi connectivity index (χ0v) is 23.0. The van der Waals surface area contributed by atoms with Crippen LogP contribution in [-0.4, -0.2) is 37.0 Å². The van der Waals surface area contributed by atoms with E-state index in [1.54, 1.807) is 0 Å². The van der Waals surface area contributed by atoms with Crippen molar-refractivity contribution in [3.05, 3.63) is 75.5 Å². The van der Waals surface area contributed by atoms with Crippen molar-refractivity contribution in [2.75, 3.05) is 6.17 Å². The van der Waals surface area contributed by atoms with Crippen molar-refractivity contribution in [2.45, 2.75) is 44.0 Å². The Morgan fingerprint density at radius 2 is 1.79 bits per heavy atom. The monoisotopic (exact) mass is 617 g/mol. The molecule has 0 fully saturated rings. The van der Waals surface area contributed by atoms with Gasteiger partial charge in [-0.15, -0.1) is 0 Å². The first-order valence-electron chi connectivity index (χ1n) is 11.4. The van der Waals surface area contributed by atoms with Crippen LogP contribution in [-0.2, 0) is 16.6 Å². The largest absolute Gasteiger partial charge is 0.435 e. The van der Waals surface area contributed by atoms with Gasteiger partial charge >= 0.3 is 12.4 Å². The van der Waals surface area contributed by atoms with E-state index in [0.29, 0.717) is 34.6 Å². The molecule has 38 heavy (non-hydrogen) atoms. The van der Waals surface area contributed by atoms with E-state index in [2.05, 4.69) is 51.0 Å². The molecule has 1 atom stereocenters. The second-order valence-corrected chi connectivity index (χ2v) is 16.6. The van der Waals surface area contributed by atoms with Crippen molar-refractivity contribution in [3.8, 4) is 0 Å². The van der Waals surface area contributed by atoms with Crippen LogP contribution in [0.25, 0.3) is 10.8 Å². The Bertz CT molecular complexity index is 1440. The maximum absolute atomic E-state index is 14.5. The first-order valence-corrected chi connectivity index (χ1v) is 15.9. The van der Waals surface area contributed by atoms with Crippen LogP contribution in [0.2, 0.25) is 19.6 Å². The molecule has 13 heteroatoms. The highest BCUT2D eigenvalue weighted by Crippen LogP contribution is 2.50. The Morgan fingerprint density at radius 3 is 2.42 bits per heavy atom. The predicted octanol–water partition coefficient (Wildman–Crippen LogP) is 7.21. The van der Waals surface area contributed by atoms with Crippen molar-refractivity contribution in [2.24, 2.45) is 5.16 Å². The molecule has 0 spiro atoms. The molecule has 0 saturated heterocycles. The summed E-state index contributed by atoms with van der Waals surface area (Å²) in [5.74, 6) is -0.347. The average molecular weight is 618 g/mol. The van der Waals surface area contributed by atoms with Crippen LogP contribution >= 0.6 is 15.9 Å². The average Bonchev–Trinajstić information content (AvgIpc) is 3.27. The molecule has 0 saturated carbocycles. The Labute approximate surface area is 223 Å². The summed E-state index contributed by atoms with van der Waals surface area (Å²) in [4.78, 5) is 21.9. The topological polar surface area (TPSA) is 63.6 Å². The molecule has 202 valence electrons. The molecule has 1 unspecified atom stereocenters. The smallest absolute Gasteiger partial charge is 0.374 e. The standard InChI is InChI=1S/C25H22BrF6N3O2Si/c1-38(2,3)13-34-22(36)19-5-4-18(17-6-7-33-12-20(17)19)21-11-23(37-35-21,25(30,31)32)14-8-15(24(27,28)29)10-16(26)9-14/h4-10,12H,11,13H2,1-3H3,(H,34,36). The molecule has 1 N–H and O–H groups in total. The van der Waals surface area contributed by atoms with Crippen LogP contribution in [0.4, 0.5) is 26.3 Å². The number of alkyl halides is 6. The number of oxime groups is 1. The van der Waals surface area contributed by atoms with Gasteiger partial charge in [0.05, 0.1) is 19.3 Å². The molecule has 5 nitrogen and oxygen atoms in total. The van der Waals surface area contributed by atoms with Gasteiger partial charge in [-0.3, -0.25) is 9.78 Å². The van der Waals surface area contributed by atoms with Gasteiger partial charge in [0.1, 0.15) is 0 Å². The fourth-order valence-electron chi connectivity index (χ4n) is 4.12. The number of nitrogens with zero attached hydrogens (tertiary/aromatic N) is 2. The highest BCUT2D eigenvalue weighted by Gasteiger charge is 2.62. The van der Waals surface area contributed by atoms with Crippen molar-refractivity contribution in [3.63, 3.8) is 0 Å². The summed E-state index contributed by atoms with van der Waals surface area (Å²) in [6.45, 7) is 6.26. The van der Waals surface area contributed by atoms with Crippen LogP contribution in [0.15, 0.2) is 58.4 Å². The normalized spacial score (nSPS) is 18.3. The number of carbonyl (C=O) groups excluding carboxylic acids is 1. The zero-order chi connectivity index (χ0) is 28.1. The summed E-state index contributed by atoms with van der Waals surface area (Å²) in [5, 5.41) is 7.40. The molecular weight excluding hydrogens is 596 g/mol. The molecule has 2 aromatic carbocycles. The quantitative estimate of drug-likeness (QED) is 0.243. The number of halogens is 7. The number of carbonyl (C=O) groups is 1. The summed E-state index contributed by atoms with van der Waals surface area (Å²) in [5.41, 5.74) is -4.72. The molecule has 0 aliphatic carbocycles. The number of amides is 1. The van der Waals surface area contributed by atoms with E-state index < -0.39 is 43.6 Å². The third-order valence-corrected chi connectivity index (χ3v) is 7.73. The molecule has 4 rings (SSSR count). The third kappa shape index (κ3) is 5.44. The summed E-state index contributed by atoms with van der Waals surface area (Å²) in [7, 11) is -1.60. The number of nitrogens with one attached hydrogen (secondary N) is 1. The maximum atomic E-state index is 14.5.